The van der Waals surface area contributed by atoms with Crippen LogP contribution in [0.25, 0.3) is 0 Å². The Morgan fingerprint density at radius 1 is 1.03 bits per heavy atom. The van der Waals surface area contributed by atoms with Crippen LogP contribution in [0.2, 0.25) is 0 Å². The Hall–Kier alpha value is -4.07. The number of hydrazone groups is 1. The fourth-order valence-electron chi connectivity index (χ4n) is 3.07. The highest BCUT2D eigenvalue weighted by molar-refractivity contribution is 5.83. The van der Waals surface area contributed by atoms with Crippen molar-refractivity contribution in [2.45, 2.75) is 20.5 Å². The molecule has 0 unspecified atom stereocenters. The Kier molecular flexibility index (Phi) is 7.28. The first-order chi connectivity index (χ1) is 15.4. The summed E-state index contributed by atoms with van der Waals surface area (Å²) in [6.45, 7) is 4.15. The normalized spacial score (nSPS) is 10.8. The first-order valence-corrected chi connectivity index (χ1v) is 9.89. The number of nitro benzene ring substituents is 1. The van der Waals surface area contributed by atoms with Crippen LogP contribution in [0.3, 0.4) is 0 Å². The van der Waals surface area contributed by atoms with Crippen LogP contribution in [-0.2, 0) is 6.61 Å². The number of hydrogen-bond donors (Lipinski definition) is 1. The lowest BCUT2D eigenvalue weighted by atomic mass is 10.1. The highest BCUT2D eigenvalue weighted by atomic mass is 16.6. The summed E-state index contributed by atoms with van der Waals surface area (Å²) >= 11 is 0. The van der Waals surface area contributed by atoms with Gasteiger partial charge < -0.3 is 14.2 Å². The predicted molar refractivity (Wildman–Crippen MR) is 124 cm³/mol. The minimum atomic E-state index is -0.491. The number of nitrogens with zero attached hydrogens (tertiary/aromatic N) is 2. The smallest absolute Gasteiger partial charge is 0.315 e. The number of hydrogen-bond acceptors (Lipinski definition) is 7. The Morgan fingerprint density at radius 3 is 2.44 bits per heavy atom. The van der Waals surface area contributed by atoms with Gasteiger partial charge in [-0.2, -0.15) is 5.10 Å². The van der Waals surface area contributed by atoms with E-state index in [1.807, 2.05) is 44.2 Å². The SMILES string of the molecule is COc1ccc(N/N=C/c2cc(OC)c(OCc3cc(C)ccc3C)c([N+](=O)[O-])c2)cc1. The first-order valence-electron chi connectivity index (χ1n) is 9.89. The van der Waals surface area contributed by atoms with Gasteiger partial charge in [0.25, 0.3) is 0 Å². The molecule has 0 aliphatic carbocycles. The summed E-state index contributed by atoms with van der Waals surface area (Å²) < 4.78 is 16.4. The molecule has 1 N–H and O–H groups in total. The summed E-state index contributed by atoms with van der Waals surface area (Å²) in [5.74, 6) is 1.07. The first kappa shape index (κ1) is 22.6. The summed E-state index contributed by atoms with van der Waals surface area (Å²) in [4.78, 5) is 11.2. The van der Waals surface area contributed by atoms with Crippen molar-refractivity contribution in [1.82, 2.24) is 0 Å². The van der Waals surface area contributed by atoms with E-state index in [0.717, 1.165) is 28.1 Å². The van der Waals surface area contributed by atoms with Crippen molar-refractivity contribution >= 4 is 17.6 Å². The van der Waals surface area contributed by atoms with E-state index in [1.54, 1.807) is 25.3 Å². The van der Waals surface area contributed by atoms with Crippen molar-refractivity contribution in [3.8, 4) is 17.2 Å². The molecule has 3 aromatic carbocycles. The van der Waals surface area contributed by atoms with E-state index in [9.17, 15) is 10.1 Å². The van der Waals surface area contributed by atoms with Crippen LogP contribution in [-0.4, -0.2) is 25.4 Å². The van der Waals surface area contributed by atoms with Crippen LogP contribution in [0.5, 0.6) is 17.2 Å². The van der Waals surface area contributed by atoms with Gasteiger partial charge in [0.1, 0.15) is 12.4 Å². The number of aryl methyl sites for hydroxylation is 2. The quantitative estimate of drug-likeness (QED) is 0.280. The number of ether oxygens (including phenoxy) is 3. The topological polar surface area (TPSA) is 95.2 Å². The molecule has 166 valence electrons. The second-order valence-electron chi connectivity index (χ2n) is 7.15. The van der Waals surface area contributed by atoms with Crippen molar-refractivity contribution in [2.24, 2.45) is 5.10 Å². The summed E-state index contributed by atoms with van der Waals surface area (Å²) in [5, 5.41) is 15.9. The molecule has 8 nitrogen and oxygen atoms in total. The van der Waals surface area contributed by atoms with Crippen LogP contribution in [0, 0.1) is 24.0 Å². The molecule has 3 aromatic rings. The van der Waals surface area contributed by atoms with E-state index >= 15 is 0 Å². The largest absolute Gasteiger partial charge is 0.497 e. The van der Waals surface area contributed by atoms with Crippen LogP contribution in [0.4, 0.5) is 11.4 Å². The van der Waals surface area contributed by atoms with Gasteiger partial charge in [0.05, 0.1) is 31.0 Å². The maximum Gasteiger partial charge on any atom is 0.315 e. The predicted octanol–water partition coefficient (Wildman–Crippen LogP) is 5.25. The van der Waals surface area contributed by atoms with E-state index in [4.69, 9.17) is 14.2 Å². The third kappa shape index (κ3) is 5.54. The van der Waals surface area contributed by atoms with Crippen molar-refractivity contribution in [1.29, 1.82) is 0 Å². The molecule has 0 aromatic heterocycles. The molecule has 0 fully saturated rings. The number of nitrogens with one attached hydrogen (secondary N) is 1. The standard InChI is InChI=1S/C24H25N3O5/c1-16-5-6-17(2)19(11-16)15-32-24-22(27(28)29)12-18(13-23(24)31-4)14-25-26-20-7-9-21(30-3)10-8-20/h5-14,26H,15H2,1-4H3/b25-14+. The van der Waals surface area contributed by atoms with E-state index < -0.39 is 4.92 Å². The molecule has 8 heteroatoms. The molecule has 0 heterocycles. The number of nitro groups is 1. The van der Waals surface area contributed by atoms with Gasteiger partial charge >= 0.3 is 5.69 Å². The molecule has 0 amide bonds. The van der Waals surface area contributed by atoms with Gasteiger partial charge in [0.2, 0.25) is 5.75 Å². The molecular formula is C24H25N3O5. The highest BCUT2D eigenvalue weighted by Crippen LogP contribution is 2.38. The van der Waals surface area contributed by atoms with E-state index in [-0.39, 0.29) is 23.8 Å². The lowest BCUT2D eigenvalue weighted by Crippen LogP contribution is -2.04. The zero-order chi connectivity index (χ0) is 23.1. The maximum atomic E-state index is 11.7. The molecule has 3 rings (SSSR count). The van der Waals surface area contributed by atoms with Gasteiger partial charge in [-0.3, -0.25) is 15.5 Å². The molecule has 0 aliphatic rings. The van der Waals surface area contributed by atoms with Crippen molar-refractivity contribution in [2.75, 3.05) is 19.6 Å². The van der Waals surface area contributed by atoms with Crippen LogP contribution >= 0.6 is 0 Å². The Morgan fingerprint density at radius 2 is 1.78 bits per heavy atom. The molecular weight excluding hydrogens is 410 g/mol. The van der Waals surface area contributed by atoms with Crippen LogP contribution < -0.4 is 19.6 Å². The lowest BCUT2D eigenvalue weighted by molar-refractivity contribution is -0.386. The monoisotopic (exact) mass is 435 g/mol. The second-order valence-corrected chi connectivity index (χ2v) is 7.15. The van der Waals surface area contributed by atoms with Crippen LogP contribution in [0.15, 0.2) is 59.7 Å². The lowest BCUT2D eigenvalue weighted by Gasteiger charge is -2.13. The minimum absolute atomic E-state index is 0.0821. The Labute approximate surface area is 186 Å². The third-order valence-electron chi connectivity index (χ3n) is 4.85. The van der Waals surface area contributed by atoms with Crippen LogP contribution in [0.1, 0.15) is 22.3 Å². The van der Waals surface area contributed by atoms with Gasteiger partial charge in [-0.1, -0.05) is 23.8 Å². The number of benzene rings is 3. The Bertz CT molecular complexity index is 1130. The van der Waals surface area contributed by atoms with E-state index in [2.05, 4.69) is 10.5 Å². The van der Waals surface area contributed by atoms with Gasteiger partial charge in [-0.25, -0.2) is 0 Å². The van der Waals surface area contributed by atoms with Crippen molar-refractivity contribution in [3.63, 3.8) is 0 Å². The average Bonchev–Trinajstić information content (AvgIpc) is 2.80. The minimum Gasteiger partial charge on any atom is -0.497 e. The van der Waals surface area contributed by atoms with Gasteiger partial charge in [0.15, 0.2) is 5.75 Å². The average molecular weight is 435 g/mol. The fourth-order valence-corrected chi connectivity index (χ4v) is 3.07. The molecule has 0 atom stereocenters. The van der Waals surface area contributed by atoms with Gasteiger partial charge in [-0.15, -0.1) is 0 Å². The molecule has 0 aliphatic heterocycles. The maximum absolute atomic E-state index is 11.7. The van der Waals surface area contributed by atoms with Gasteiger partial charge in [0, 0.05) is 11.6 Å². The highest BCUT2D eigenvalue weighted by Gasteiger charge is 2.22. The molecule has 0 radical (unpaired) electrons. The van der Waals surface area contributed by atoms with E-state index in [1.165, 1.54) is 19.4 Å². The number of rotatable bonds is 9. The van der Waals surface area contributed by atoms with Gasteiger partial charge in [-0.05, 0) is 55.3 Å². The molecule has 32 heavy (non-hydrogen) atoms. The molecule has 0 bridgehead atoms. The number of anilines is 1. The summed E-state index contributed by atoms with van der Waals surface area (Å²) in [6, 6.07) is 16.3. The zero-order valence-corrected chi connectivity index (χ0v) is 18.4. The zero-order valence-electron chi connectivity index (χ0n) is 18.4. The summed E-state index contributed by atoms with van der Waals surface area (Å²) in [7, 11) is 3.04. The molecule has 0 saturated heterocycles. The van der Waals surface area contributed by atoms with Crippen molar-refractivity contribution in [3.05, 3.63) is 87.0 Å². The Balaban J connectivity index is 1.82. The summed E-state index contributed by atoms with van der Waals surface area (Å²) in [6.07, 6.45) is 1.48. The second kappa shape index (κ2) is 10.3. The number of methoxy groups -OCH3 is 2. The fraction of sp³-hybridized carbons (Fsp3) is 0.208. The third-order valence-corrected chi connectivity index (χ3v) is 4.85. The summed E-state index contributed by atoms with van der Waals surface area (Å²) in [5.41, 5.74) is 7.01. The van der Waals surface area contributed by atoms with E-state index in [0.29, 0.717) is 5.56 Å². The molecule has 0 spiro atoms. The van der Waals surface area contributed by atoms with Crippen molar-refractivity contribution < 1.29 is 19.1 Å². The molecule has 0 saturated carbocycles.